The van der Waals surface area contributed by atoms with Crippen LogP contribution in [0.4, 0.5) is 0 Å². The number of esters is 2. The molecule has 2 aromatic carbocycles. The van der Waals surface area contributed by atoms with Crippen molar-refractivity contribution in [3.8, 4) is 5.75 Å². The average molecular weight is 615 g/mol. The number of carbonyl (C=O) groups excluding carboxylic acids is 2. The first-order valence-electron chi connectivity index (χ1n) is 16.6. The molecule has 0 aliphatic heterocycles. The molecule has 0 amide bonds. The second kappa shape index (κ2) is 16.6. The second-order valence-electron chi connectivity index (χ2n) is 12.8. The van der Waals surface area contributed by atoms with Gasteiger partial charge in [-0.1, -0.05) is 69.3 Å². The number of benzene rings is 2. The van der Waals surface area contributed by atoms with Gasteiger partial charge in [-0.3, -0.25) is 9.69 Å². The molecule has 3 aromatic rings. The van der Waals surface area contributed by atoms with E-state index in [1.165, 1.54) is 16.7 Å². The number of rotatable bonds is 15. The molecular weight excluding hydrogens is 564 g/mol. The van der Waals surface area contributed by atoms with Gasteiger partial charge in [-0.15, -0.1) is 0 Å². The molecule has 242 valence electrons. The number of hydrogen-bond donors (Lipinski definition) is 0. The Kier molecular flexibility index (Phi) is 12.6. The van der Waals surface area contributed by atoms with Crippen molar-refractivity contribution in [1.29, 1.82) is 0 Å². The number of unbranched alkanes of at least 4 members (excludes halogenated alkanes) is 1. The highest BCUT2D eigenvalue weighted by Gasteiger charge is 2.28. The summed E-state index contributed by atoms with van der Waals surface area (Å²) in [6.07, 6.45) is 5.81. The predicted octanol–water partition coefficient (Wildman–Crippen LogP) is 7.79. The van der Waals surface area contributed by atoms with Crippen molar-refractivity contribution in [2.75, 3.05) is 26.3 Å². The SMILES string of the molecule is CCOC(=O)CCCCN(CCc1ccccc1OCc1ccc(C(C)(C)C)cc1)C1CCCc2nc(C(=O)OCC)ccc21. The fourth-order valence-corrected chi connectivity index (χ4v) is 5.95. The van der Waals surface area contributed by atoms with E-state index in [2.05, 4.69) is 74.2 Å². The molecule has 1 unspecified atom stereocenters. The normalized spacial score (nSPS) is 14.6. The zero-order chi connectivity index (χ0) is 32.2. The van der Waals surface area contributed by atoms with Crippen LogP contribution in [0.2, 0.25) is 0 Å². The Balaban J connectivity index is 1.47. The van der Waals surface area contributed by atoms with Crippen LogP contribution in [0, 0.1) is 0 Å². The maximum absolute atomic E-state index is 12.4. The van der Waals surface area contributed by atoms with E-state index < -0.39 is 0 Å². The van der Waals surface area contributed by atoms with Gasteiger partial charge in [0.25, 0.3) is 0 Å². The molecule has 0 fully saturated rings. The van der Waals surface area contributed by atoms with Crippen molar-refractivity contribution >= 4 is 11.9 Å². The third-order valence-electron chi connectivity index (χ3n) is 8.42. The van der Waals surface area contributed by atoms with Gasteiger partial charge in [0, 0.05) is 24.7 Å². The first-order chi connectivity index (χ1) is 21.7. The molecule has 1 heterocycles. The van der Waals surface area contributed by atoms with Gasteiger partial charge in [0.1, 0.15) is 18.1 Å². The van der Waals surface area contributed by atoms with E-state index in [9.17, 15) is 9.59 Å². The number of ether oxygens (including phenoxy) is 3. The van der Waals surface area contributed by atoms with Gasteiger partial charge in [-0.25, -0.2) is 9.78 Å². The number of pyridine rings is 1. The Bertz CT molecular complexity index is 1400. The average Bonchev–Trinajstić information content (AvgIpc) is 3.03. The minimum Gasteiger partial charge on any atom is -0.489 e. The molecule has 1 aromatic heterocycles. The maximum atomic E-state index is 12.4. The highest BCUT2D eigenvalue weighted by Crippen LogP contribution is 2.35. The Morgan fingerprint density at radius 1 is 0.911 bits per heavy atom. The van der Waals surface area contributed by atoms with Crippen molar-refractivity contribution < 1.29 is 23.8 Å². The van der Waals surface area contributed by atoms with Gasteiger partial charge >= 0.3 is 11.9 Å². The molecule has 7 nitrogen and oxygen atoms in total. The fraction of sp³-hybridized carbons (Fsp3) is 0.500. The summed E-state index contributed by atoms with van der Waals surface area (Å²) in [5, 5.41) is 0. The van der Waals surface area contributed by atoms with E-state index in [1.54, 1.807) is 13.0 Å². The number of carbonyl (C=O) groups is 2. The van der Waals surface area contributed by atoms with Gasteiger partial charge < -0.3 is 14.2 Å². The molecule has 1 aliphatic rings. The summed E-state index contributed by atoms with van der Waals surface area (Å²) < 4.78 is 16.7. The molecule has 0 spiro atoms. The summed E-state index contributed by atoms with van der Waals surface area (Å²) in [6, 6.07) is 21.0. The van der Waals surface area contributed by atoms with E-state index in [1.807, 2.05) is 13.0 Å². The standard InChI is InChI=1S/C38H50N2O5/c1-6-43-36(41)17-10-11-25-40(34-15-12-14-32-31(34)22-23-33(39-32)37(42)44-7-2)26-24-29-13-8-9-16-35(29)45-27-28-18-20-30(21-19-28)38(3,4)5/h8-9,13,16,18-23,34H,6-7,10-12,14-15,17,24-27H2,1-5H3. The lowest BCUT2D eigenvalue weighted by atomic mass is 9.87. The van der Waals surface area contributed by atoms with E-state index in [0.717, 1.165) is 68.6 Å². The van der Waals surface area contributed by atoms with Crippen LogP contribution in [-0.4, -0.2) is 48.1 Å². The van der Waals surface area contributed by atoms with Crippen molar-refractivity contribution in [2.45, 2.75) is 97.6 Å². The summed E-state index contributed by atoms with van der Waals surface area (Å²) >= 11 is 0. The van der Waals surface area contributed by atoms with E-state index >= 15 is 0 Å². The van der Waals surface area contributed by atoms with Crippen molar-refractivity contribution in [2.24, 2.45) is 0 Å². The van der Waals surface area contributed by atoms with Crippen LogP contribution in [0.5, 0.6) is 5.75 Å². The summed E-state index contributed by atoms with van der Waals surface area (Å²) in [5.41, 5.74) is 6.29. The Hall–Kier alpha value is -3.71. The van der Waals surface area contributed by atoms with E-state index in [0.29, 0.717) is 31.9 Å². The molecule has 0 saturated heterocycles. The van der Waals surface area contributed by atoms with Crippen molar-refractivity contribution in [3.63, 3.8) is 0 Å². The van der Waals surface area contributed by atoms with Crippen molar-refractivity contribution in [3.05, 3.63) is 94.3 Å². The first kappa shape index (κ1) is 34.2. The minimum absolute atomic E-state index is 0.120. The van der Waals surface area contributed by atoms with Crippen LogP contribution in [0.1, 0.15) is 111 Å². The van der Waals surface area contributed by atoms with Gasteiger partial charge in [-0.05, 0) is 98.7 Å². The summed E-state index contributed by atoms with van der Waals surface area (Å²) in [7, 11) is 0. The predicted molar refractivity (Wildman–Crippen MR) is 178 cm³/mol. The van der Waals surface area contributed by atoms with Crippen LogP contribution in [-0.2, 0) is 39.1 Å². The van der Waals surface area contributed by atoms with Crippen LogP contribution in [0.15, 0.2) is 60.7 Å². The molecule has 0 bridgehead atoms. The third-order valence-corrected chi connectivity index (χ3v) is 8.42. The molecule has 0 radical (unpaired) electrons. The summed E-state index contributed by atoms with van der Waals surface area (Å²) in [6.45, 7) is 13.3. The largest absolute Gasteiger partial charge is 0.489 e. The lowest BCUT2D eigenvalue weighted by Crippen LogP contribution is -2.34. The molecule has 0 saturated carbocycles. The maximum Gasteiger partial charge on any atom is 0.356 e. The molecule has 45 heavy (non-hydrogen) atoms. The zero-order valence-corrected chi connectivity index (χ0v) is 27.8. The van der Waals surface area contributed by atoms with E-state index in [-0.39, 0.29) is 23.4 Å². The molecule has 7 heteroatoms. The number of para-hydroxylation sites is 1. The zero-order valence-electron chi connectivity index (χ0n) is 27.8. The monoisotopic (exact) mass is 614 g/mol. The Labute approximate surface area is 269 Å². The lowest BCUT2D eigenvalue weighted by Gasteiger charge is -2.36. The van der Waals surface area contributed by atoms with Crippen LogP contribution in [0.25, 0.3) is 0 Å². The van der Waals surface area contributed by atoms with Gasteiger partial charge in [-0.2, -0.15) is 0 Å². The number of aromatic nitrogens is 1. The number of aryl methyl sites for hydroxylation is 1. The minimum atomic E-state index is -0.375. The summed E-state index contributed by atoms with van der Waals surface area (Å²) in [5.74, 6) is 0.395. The smallest absolute Gasteiger partial charge is 0.356 e. The van der Waals surface area contributed by atoms with E-state index in [4.69, 9.17) is 19.2 Å². The Morgan fingerprint density at radius 3 is 2.40 bits per heavy atom. The topological polar surface area (TPSA) is 78.0 Å². The fourth-order valence-electron chi connectivity index (χ4n) is 5.95. The Morgan fingerprint density at radius 2 is 1.67 bits per heavy atom. The second-order valence-corrected chi connectivity index (χ2v) is 12.8. The summed E-state index contributed by atoms with van der Waals surface area (Å²) in [4.78, 5) is 31.6. The number of hydrogen-bond acceptors (Lipinski definition) is 7. The van der Waals surface area contributed by atoms with Crippen molar-refractivity contribution in [1.82, 2.24) is 9.88 Å². The quantitative estimate of drug-likeness (QED) is 0.128. The molecule has 1 atom stereocenters. The first-order valence-corrected chi connectivity index (χ1v) is 16.6. The number of nitrogens with zero attached hydrogens (tertiary/aromatic N) is 2. The van der Waals surface area contributed by atoms with Gasteiger partial charge in [0.05, 0.1) is 13.2 Å². The highest BCUT2D eigenvalue weighted by molar-refractivity contribution is 5.87. The van der Waals surface area contributed by atoms with Crippen LogP contribution < -0.4 is 4.74 Å². The van der Waals surface area contributed by atoms with Crippen LogP contribution >= 0.6 is 0 Å². The molecular formula is C38H50N2O5. The molecule has 0 N–H and O–H groups in total. The van der Waals surface area contributed by atoms with Gasteiger partial charge in [0.15, 0.2) is 0 Å². The lowest BCUT2D eigenvalue weighted by molar-refractivity contribution is -0.143. The molecule has 4 rings (SSSR count). The van der Waals surface area contributed by atoms with Gasteiger partial charge in [0.2, 0.25) is 0 Å². The third kappa shape index (κ3) is 9.89. The highest BCUT2D eigenvalue weighted by atomic mass is 16.5. The number of fused-ring (bicyclic) bond motifs is 1. The van der Waals surface area contributed by atoms with Crippen LogP contribution in [0.3, 0.4) is 0 Å². The molecule has 1 aliphatic carbocycles.